The second-order valence-electron chi connectivity index (χ2n) is 6.96. The largest absolute Gasteiger partial charge is 0.383 e. The van der Waals surface area contributed by atoms with Crippen LogP contribution in [0.2, 0.25) is 5.02 Å². The number of carbonyl (C=O) groups is 1. The topological polar surface area (TPSA) is 75.7 Å². The van der Waals surface area contributed by atoms with Crippen LogP contribution in [-0.4, -0.2) is 39.5 Å². The molecule has 0 aromatic heterocycles. The average molecular weight is 477 g/mol. The second-order valence-corrected chi connectivity index (χ2v) is 9.05. The summed E-state index contributed by atoms with van der Waals surface area (Å²) in [4.78, 5) is 14.5. The lowest BCUT2D eigenvalue weighted by molar-refractivity contribution is 0.0680. The van der Waals surface area contributed by atoms with Gasteiger partial charge >= 0.3 is 0 Å². The van der Waals surface area contributed by atoms with Crippen molar-refractivity contribution in [2.24, 2.45) is 0 Å². The Labute approximate surface area is 191 Å². The number of methoxy groups -OCH3 is 1. The number of nitrogens with zero attached hydrogens (tertiary/aromatic N) is 1. The fraction of sp³-hybridized carbons (Fsp3) is 0.174. The van der Waals surface area contributed by atoms with Gasteiger partial charge in [0.2, 0.25) is 0 Å². The van der Waals surface area contributed by atoms with Crippen LogP contribution in [0.25, 0.3) is 0 Å². The molecule has 3 aromatic carbocycles. The molecule has 3 aromatic rings. The fourth-order valence-corrected chi connectivity index (χ4v) is 4.31. The summed E-state index contributed by atoms with van der Waals surface area (Å²) in [5.74, 6) is -0.910. The van der Waals surface area contributed by atoms with Crippen LogP contribution in [0.3, 0.4) is 0 Å². The van der Waals surface area contributed by atoms with Crippen LogP contribution in [-0.2, 0) is 21.3 Å². The first-order valence-electron chi connectivity index (χ1n) is 9.70. The molecule has 9 heteroatoms. The standard InChI is InChI=1S/C23H22ClFN2O4S/c1-31-14-13-27(16-17-5-3-2-4-6-17)23(28)18-7-9-19(10-8-18)26-32(29,30)20-11-12-22(25)21(24)15-20/h2-12,15,26H,13-14,16H2,1H3. The number of hydrogen-bond donors (Lipinski definition) is 1. The van der Waals surface area contributed by atoms with Gasteiger partial charge in [-0.25, -0.2) is 12.8 Å². The molecule has 32 heavy (non-hydrogen) atoms. The molecule has 0 spiro atoms. The number of ether oxygens (including phenoxy) is 1. The van der Waals surface area contributed by atoms with Crippen molar-refractivity contribution in [1.29, 1.82) is 0 Å². The van der Waals surface area contributed by atoms with Gasteiger partial charge in [0.15, 0.2) is 0 Å². The summed E-state index contributed by atoms with van der Waals surface area (Å²) in [7, 11) is -2.40. The molecule has 0 radical (unpaired) electrons. The molecule has 6 nitrogen and oxygen atoms in total. The Morgan fingerprint density at radius 1 is 1.06 bits per heavy atom. The van der Waals surface area contributed by atoms with E-state index in [1.54, 1.807) is 24.1 Å². The summed E-state index contributed by atoms with van der Waals surface area (Å²) < 4.78 is 45.9. The molecule has 0 saturated carbocycles. The molecule has 0 heterocycles. The van der Waals surface area contributed by atoms with Gasteiger partial charge in [-0.3, -0.25) is 9.52 Å². The minimum atomic E-state index is -3.97. The lowest BCUT2D eigenvalue weighted by Gasteiger charge is -2.23. The molecule has 0 bridgehead atoms. The van der Waals surface area contributed by atoms with Crippen molar-refractivity contribution in [1.82, 2.24) is 4.90 Å². The van der Waals surface area contributed by atoms with E-state index >= 15 is 0 Å². The molecule has 1 amide bonds. The van der Waals surface area contributed by atoms with E-state index in [2.05, 4.69) is 4.72 Å². The Morgan fingerprint density at radius 2 is 1.75 bits per heavy atom. The number of hydrogen-bond acceptors (Lipinski definition) is 4. The fourth-order valence-electron chi connectivity index (χ4n) is 2.98. The molecule has 3 rings (SSSR count). The van der Waals surface area contributed by atoms with Gasteiger partial charge in [0, 0.05) is 31.5 Å². The number of rotatable bonds is 9. The van der Waals surface area contributed by atoms with E-state index in [1.165, 1.54) is 12.1 Å². The molecule has 0 aliphatic carbocycles. The highest BCUT2D eigenvalue weighted by Crippen LogP contribution is 2.22. The first-order chi connectivity index (χ1) is 15.3. The van der Waals surface area contributed by atoms with Crippen molar-refractivity contribution >= 4 is 33.2 Å². The van der Waals surface area contributed by atoms with Gasteiger partial charge in [0.1, 0.15) is 5.82 Å². The highest BCUT2D eigenvalue weighted by Gasteiger charge is 2.18. The van der Waals surface area contributed by atoms with Crippen molar-refractivity contribution in [2.75, 3.05) is 25.0 Å². The minimum Gasteiger partial charge on any atom is -0.383 e. The molecule has 168 valence electrons. The summed E-state index contributed by atoms with van der Waals surface area (Å²) >= 11 is 5.68. The van der Waals surface area contributed by atoms with E-state index in [-0.39, 0.29) is 21.5 Å². The van der Waals surface area contributed by atoms with Crippen LogP contribution < -0.4 is 4.72 Å². The maximum atomic E-state index is 13.3. The van der Waals surface area contributed by atoms with Crippen LogP contribution in [0.4, 0.5) is 10.1 Å². The van der Waals surface area contributed by atoms with Crippen LogP contribution >= 0.6 is 11.6 Å². The van der Waals surface area contributed by atoms with Crippen molar-refractivity contribution in [3.8, 4) is 0 Å². The first-order valence-corrected chi connectivity index (χ1v) is 11.6. The van der Waals surface area contributed by atoms with Crippen molar-refractivity contribution in [3.05, 3.63) is 94.8 Å². The third-order valence-corrected chi connectivity index (χ3v) is 6.32. The molecule has 1 N–H and O–H groups in total. The van der Waals surface area contributed by atoms with Gasteiger partial charge < -0.3 is 9.64 Å². The van der Waals surface area contributed by atoms with E-state index in [0.717, 1.165) is 23.8 Å². The number of amides is 1. The third-order valence-electron chi connectivity index (χ3n) is 4.65. The molecular weight excluding hydrogens is 455 g/mol. The monoisotopic (exact) mass is 476 g/mol. The van der Waals surface area contributed by atoms with Gasteiger partial charge in [-0.15, -0.1) is 0 Å². The Morgan fingerprint density at radius 3 is 2.38 bits per heavy atom. The Kier molecular flexibility index (Phi) is 7.84. The van der Waals surface area contributed by atoms with E-state index in [0.29, 0.717) is 25.3 Å². The van der Waals surface area contributed by atoms with Gasteiger partial charge in [-0.05, 0) is 48.0 Å². The molecule has 0 unspecified atom stereocenters. The summed E-state index contributed by atoms with van der Waals surface area (Å²) in [6.45, 7) is 1.21. The number of anilines is 1. The Bertz CT molecular complexity index is 1170. The van der Waals surface area contributed by atoms with E-state index < -0.39 is 15.8 Å². The number of benzene rings is 3. The zero-order valence-corrected chi connectivity index (χ0v) is 18.9. The first kappa shape index (κ1) is 23.7. The summed E-state index contributed by atoms with van der Waals surface area (Å²) in [5, 5.41) is -0.289. The van der Waals surface area contributed by atoms with E-state index in [4.69, 9.17) is 16.3 Å². The third kappa shape index (κ3) is 6.06. The minimum absolute atomic E-state index is 0.169. The van der Waals surface area contributed by atoms with Crippen LogP contribution in [0.5, 0.6) is 0 Å². The van der Waals surface area contributed by atoms with Gasteiger partial charge in [-0.2, -0.15) is 0 Å². The lowest BCUT2D eigenvalue weighted by Crippen LogP contribution is -2.33. The predicted octanol–water partition coefficient (Wildman–Crippen LogP) is 4.57. The number of nitrogens with one attached hydrogen (secondary N) is 1. The average Bonchev–Trinajstić information content (AvgIpc) is 2.79. The van der Waals surface area contributed by atoms with Crippen LogP contribution in [0.15, 0.2) is 77.7 Å². The zero-order chi connectivity index (χ0) is 23.1. The summed E-state index contributed by atoms with van der Waals surface area (Å²) in [6.07, 6.45) is 0. The molecule has 0 atom stereocenters. The maximum Gasteiger partial charge on any atom is 0.261 e. The molecule has 0 aliphatic rings. The number of sulfonamides is 1. The second kappa shape index (κ2) is 10.6. The smallest absolute Gasteiger partial charge is 0.261 e. The Balaban J connectivity index is 1.75. The number of halogens is 2. The zero-order valence-electron chi connectivity index (χ0n) is 17.3. The quantitative estimate of drug-likeness (QED) is 0.491. The maximum absolute atomic E-state index is 13.3. The highest BCUT2D eigenvalue weighted by molar-refractivity contribution is 7.92. The van der Waals surface area contributed by atoms with Crippen molar-refractivity contribution < 1.29 is 22.3 Å². The molecule has 0 fully saturated rings. The van der Waals surface area contributed by atoms with Gasteiger partial charge in [0.05, 0.1) is 16.5 Å². The molecule has 0 saturated heterocycles. The number of carbonyl (C=O) groups excluding carboxylic acids is 1. The Hall–Kier alpha value is -2.94. The van der Waals surface area contributed by atoms with Crippen molar-refractivity contribution in [3.63, 3.8) is 0 Å². The van der Waals surface area contributed by atoms with Crippen LogP contribution in [0.1, 0.15) is 15.9 Å². The summed E-state index contributed by atoms with van der Waals surface area (Å²) in [6, 6.07) is 18.8. The van der Waals surface area contributed by atoms with Crippen LogP contribution in [0, 0.1) is 5.82 Å². The van der Waals surface area contributed by atoms with E-state index in [1.807, 2.05) is 30.3 Å². The van der Waals surface area contributed by atoms with Gasteiger partial charge in [-0.1, -0.05) is 41.9 Å². The lowest BCUT2D eigenvalue weighted by atomic mass is 10.1. The molecule has 0 aliphatic heterocycles. The van der Waals surface area contributed by atoms with E-state index in [9.17, 15) is 17.6 Å². The van der Waals surface area contributed by atoms with Crippen molar-refractivity contribution in [2.45, 2.75) is 11.4 Å². The molecular formula is C23H22ClFN2O4S. The predicted molar refractivity (Wildman–Crippen MR) is 122 cm³/mol. The highest BCUT2D eigenvalue weighted by atomic mass is 35.5. The normalized spacial score (nSPS) is 11.2. The summed E-state index contributed by atoms with van der Waals surface area (Å²) in [5.41, 5.74) is 1.65. The van der Waals surface area contributed by atoms with Gasteiger partial charge in [0.25, 0.3) is 15.9 Å². The SMILES string of the molecule is COCCN(Cc1ccccc1)C(=O)c1ccc(NS(=O)(=O)c2ccc(F)c(Cl)c2)cc1.